The molecule has 1 aromatic carbocycles. The van der Waals surface area contributed by atoms with Crippen LogP contribution in [0.4, 0.5) is 0 Å². The second-order valence-corrected chi connectivity index (χ2v) is 7.43. The van der Waals surface area contributed by atoms with Crippen molar-refractivity contribution in [1.29, 1.82) is 5.26 Å². The van der Waals surface area contributed by atoms with Crippen LogP contribution < -0.4 is 4.80 Å². The zero-order valence-electron chi connectivity index (χ0n) is 14.9. The number of benzene rings is 1. The quantitative estimate of drug-likeness (QED) is 0.614. The van der Waals surface area contributed by atoms with Gasteiger partial charge >= 0.3 is 0 Å². The van der Waals surface area contributed by atoms with Crippen molar-refractivity contribution in [3.05, 3.63) is 64.0 Å². The minimum absolute atomic E-state index is 0.373. The van der Waals surface area contributed by atoms with Crippen LogP contribution >= 0.6 is 11.3 Å². The van der Waals surface area contributed by atoms with Gasteiger partial charge < -0.3 is 4.42 Å². The fourth-order valence-corrected chi connectivity index (χ4v) is 4.12. The molecule has 1 saturated carbocycles. The van der Waals surface area contributed by atoms with E-state index in [1.165, 1.54) is 19.3 Å². The van der Waals surface area contributed by atoms with Crippen LogP contribution in [-0.4, -0.2) is 16.9 Å². The third-order valence-electron chi connectivity index (χ3n) is 4.69. The molecule has 27 heavy (non-hydrogen) atoms. The van der Waals surface area contributed by atoms with Crippen LogP contribution in [0.1, 0.15) is 43.2 Å². The Balaban J connectivity index is 1.71. The molecular weight excluding hydrogens is 356 g/mol. The van der Waals surface area contributed by atoms with Gasteiger partial charge in [-0.3, -0.25) is 4.99 Å². The molecule has 3 aromatic rings. The summed E-state index contributed by atoms with van der Waals surface area (Å²) in [4.78, 5) is 5.86. The lowest BCUT2D eigenvalue weighted by atomic mass is 9.96. The molecule has 0 radical (unpaired) electrons. The van der Waals surface area contributed by atoms with Crippen molar-refractivity contribution in [2.24, 2.45) is 10.1 Å². The number of nitrogens with zero attached hydrogens (tertiary/aromatic N) is 4. The highest BCUT2D eigenvalue weighted by molar-refractivity contribution is 7.07. The standard InChI is InChI=1S/C21H20N4OS/c22-13-16-8-10-17(11-9-16)14-23-25-19(20-7-4-12-26-20)15-27-21(25)24-18-5-2-1-3-6-18/h4,7-12,14-15,18H,1-3,5-6H2/b23-14+,24-21?. The molecule has 0 spiro atoms. The number of furan rings is 1. The van der Waals surface area contributed by atoms with Gasteiger partial charge in [-0.05, 0) is 42.7 Å². The highest BCUT2D eigenvalue weighted by Crippen LogP contribution is 2.22. The molecule has 6 heteroatoms. The minimum atomic E-state index is 0.373. The molecule has 136 valence electrons. The topological polar surface area (TPSA) is 66.6 Å². The van der Waals surface area contributed by atoms with Gasteiger partial charge in [0.05, 0.1) is 30.2 Å². The van der Waals surface area contributed by atoms with Gasteiger partial charge in [-0.1, -0.05) is 31.4 Å². The van der Waals surface area contributed by atoms with E-state index in [4.69, 9.17) is 14.7 Å². The predicted molar refractivity (Wildman–Crippen MR) is 107 cm³/mol. The maximum absolute atomic E-state index is 8.93. The van der Waals surface area contributed by atoms with Gasteiger partial charge in [0.1, 0.15) is 5.69 Å². The van der Waals surface area contributed by atoms with Crippen molar-refractivity contribution < 1.29 is 4.42 Å². The summed E-state index contributed by atoms with van der Waals surface area (Å²) in [6.07, 6.45) is 9.56. The number of rotatable bonds is 4. The van der Waals surface area contributed by atoms with E-state index in [0.717, 1.165) is 34.7 Å². The van der Waals surface area contributed by atoms with Gasteiger partial charge in [0, 0.05) is 5.38 Å². The van der Waals surface area contributed by atoms with Crippen LogP contribution in [0.5, 0.6) is 0 Å². The summed E-state index contributed by atoms with van der Waals surface area (Å²) in [5.74, 6) is 0.772. The van der Waals surface area contributed by atoms with E-state index >= 15 is 0 Å². The molecule has 1 aliphatic rings. The Morgan fingerprint density at radius 1 is 1.15 bits per heavy atom. The van der Waals surface area contributed by atoms with Gasteiger partial charge in [-0.2, -0.15) is 10.4 Å². The van der Waals surface area contributed by atoms with Crippen molar-refractivity contribution in [2.45, 2.75) is 38.1 Å². The van der Waals surface area contributed by atoms with Crippen LogP contribution in [0.2, 0.25) is 0 Å². The first-order valence-corrected chi connectivity index (χ1v) is 10.0. The smallest absolute Gasteiger partial charge is 0.206 e. The number of thiazole rings is 1. The molecule has 0 atom stereocenters. The molecule has 0 aliphatic heterocycles. The zero-order valence-corrected chi connectivity index (χ0v) is 15.7. The summed E-state index contributed by atoms with van der Waals surface area (Å²) in [6.45, 7) is 0. The molecule has 0 bridgehead atoms. The van der Waals surface area contributed by atoms with Gasteiger partial charge in [-0.25, -0.2) is 4.68 Å². The average Bonchev–Trinajstić information content (AvgIpc) is 3.37. The van der Waals surface area contributed by atoms with Crippen molar-refractivity contribution >= 4 is 17.6 Å². The van der Waals surface area contributed by atoms with Crippen LogP contribution in [0.25, 0.3) is 11.5 Å². The fraction of sp³-hybridized carbons (Fsp3) is 0.286. The molecule has 0 amide bonds. The van der Waals surface area contributed by atoms with Crippen molar-refractivity contribution in [3.8, 4) is 17.5 Å². The summed E-state index contributed by atoms with van der Waals surface area (Å²) in [7, 11) is 0. The van der Waals surface area contributed by atoms with E-state index in [0.29, 0.717) is 11.6 Å². The van der Waals surface area contributed by atoms with Crippen LogP contribution in [0.15, 0.2) is 62.6 Å². The number of aromatic nitrogens is 1. The summed E-state index contributed by atoms with van der Waals surface area (Å²) in [5.41, 5.74) is 2.46. The van der Waals surface area contributed by atoms with Crippen LogP contribution in [0, 0.1) is 11.3 Å². The van der Waals surface area contributed by atoms with Gasteiger partial charge in [0.25, 0.3) is 0 Å². The zero-order chi connectivity index (χ0) is 18.5. The Kier molecular flexibility index (Phi) is 5.31. The maximum Gasteiger partial charge on any atom is 0.206 e. The van der Waals surface area contributed by atoms with Gasteiger partial charge in [0.15, 0.2) is 5.76 Å². The largest absolute Gasteiger partial charge is 0.463 e. The normalized spacial score (nSPS) is 16.0. The molecule has 2 aromatic heterocycles. The third kappa shape index (κ3) is 4.09. The Hall–Kier alpha value is -2.91. The third-order valence-corrected chi connectivity index (χ3v) is 5.52. The predicted octanol–water partition coefficient (Wildman–Crippen LogP) is 4.80. The number of nitriles is 1. The summed E-state index contributed by atoms with van der Waals surface area (Å²) in [6, 6.07) is 13.7. The SMILES string of the molecule is N#Cc1ccc(/C=N/n2c(-c3ccco3)csc2=NC2CCCCC2)cc1. The van der Waals surface area contributed by atoms with E-state index in [9.17, 15) is 0 Å². The molecule has 1 aliphatic carbocycles. The van der Waals surface area contributed by atoms with E-state index < -0.39 is 0 Å². The second kappa shape index (κ2) is 8.19. The van der Waals surface area contributed by atoms with Crippen molar-refractivity contribution in [3.63, 3.8) is 0 Å². The Morgan fingerprint density at radius 3 is 2.67 bits per heavy atom. The molecule has 5 nitrogen and oxygen atoms in total. The van der Waals surface area contributed by atoms with Crippen LogP contribution in [0.3, 0.4) is 0 Å². The van der Waals surface area contributed by atoms with Gasteiger partial charge in [0.2, 0.25) is 4.80 Å². The van der Waals surface area contributed by atoms with Crippen molar-refractivity contribution in [2.75, 3.05) is 0 Å². The number of hydrogen-bond acceptors (Lipinski definition) is 5. The fourth-order valence-electron chi connectivity index (χ4n) is 3.23. The molecule has 4 rings (SSSR count). The summed E-state index contributed by atoms with van der Waals surface area (Å²) >= 11 is 1.59. The highest BCUT2D eigenvalue weighted by atomic mass is 32.1. The number of hydrogen-bond donors (Lipinski definition) is 0. The minimum Gasteiger partial charge on any atom is -0.463 e. The lowest BCUT2D eigenvalue weighted by molar-refractivity contribution is 0.435. The van der Waals surface area contributed by atoms with E-state index in [1.807, 2.05) is 34.3 Å². The average molecular weight is 376 g/mol. The van der Waals surface area contributed by atoms with Crippen LogP contribution in [-0.2, 0) is 0 Å². The molecule has 0 unspecified atom stereocenters. The molecule has 0 N–H and O–H groups in total. The van der Waals surface area contributed by atoms with E-state index in [2.05, 4.69) is 11.2 Å². The molecular formula is C21H20N4OS. The van der Waals surface area contributed by atoms with Gasteiger partial charge in [-0.15, -0.1) is 11.3 Å². The first-order valence-electron chi connectivity index (χ1n) is 9.16. The summed E-state index contributed by atoms with van der Waals surface area (Å²) in [5, 5.41) is 15.7. The maximum atomic E-state index is 8.93. The Labute approximate surface area is 161 Å². The first-order chi connectivity index (χ1) is 13.3. The first kappa shape index (κ1) is 17.5. The molecule has 1 fully saturated rings. The van der Waals surface area contributed by atoms with E-state index in [1.54, 1.807) is 35.9 Å². The monoisotopic (exact) mass is 376 g/mol. The van der Waals surface area contributed by atoms with Crippen molar-refractivity contribution in [1.82, 2.24) is 4.68 Å². The molecule has 0 saturated heterocycles. The summed E-state index contributed by atoms with van der Waals surface area (Å²) < 4.78 is 7.44. The van der Waals surface area contributed by atoms with E-state index in [-0.39, 0.29) is 0 Å². The highest BCUT2D eigenvalue weighted by Gasteiger charge is 2.14. The second-order valence-electron chi connectivity index (χ2n) is 6.59. The molecule has 2 heterocycles. The Bertz CT molecular complexity index is 1010. The lowest BCUT2D eigenvalue weighted by Gasteiger charge is -2.16. The Morgan fingerprint density at radius 2 is 1.96 bits per heavy atom. The lowest BCUT2D eigenvalue weighted by Crippen LogP contribution is -2.18.